The molecule has 0 saturated carbocycles. The molecule has 2 aromatic rings. The van der Waals surface area contributed by atoms with Gasteiger partial charge in [0.1, 0.15) is 5.75 Å². The van der Waals surface area contributed by atoms with Gasteiger partial charge in [0.05, 0.1) is 23.5 Å². The molecule has 0 aliphatic heterocycles. The zero-order valence-corrected chi connectivity index (χ0v) is 13.2. The standard InChI is InChI=1S/C14H14ClN3O2S/c1-3-20-11-7-5-4-6-10(11)17-13(19)12-9(15)8-16-14(18-12)21-2/h4-8H,3H2,1-2H3,(H,17,19). The maximum absolute atomic E-state index is 12.3. The lowest BCUT2D eigenvalue weighted by molar-refractivity contribution is 0.102. The predicted octanol–water partition coefficient (Wildman–Crippen LogP) is 3.50. The highest BCUT2D eigenvalue weighted by atomic mass is 35.5. The number of nitrogens with zero attached hydrogens (tertiary/aromatic N) is 2. The van der Waals surface area contributed by atoms with E-state index in [1.165, 1.54) is 18.0 Å². The van der Waals surface area contributed by atoms with Gasteiger partial charge in [0.2, 0.25) is 0 Å². The second-order valence-corrected chi connectivity index (χ2v) is 5.12. The average Bonchev–Trinajstić information content (AvgIpc) is 2.50. The Hall–Kier alpha value is -1.79. The highest BCUT2D eigenvalue weighted by Gasteiger charge is 2.16. The summed E-state index contributed by atoms with van der Waals surface area (Å²) >= 11 is 7.33. The van der Waals surface area contributed by atoms with E-state index in [1.807, 2.05) is 25.3 Å². The number of para-hydroxylation sites is 2. The van der Waals surface area contributed by atoms with Crippen molar-refractivity contribution in [2.24, 2.45) is 0 Å². The minimum atomic E-state index is -0.398. The van der Waals surface area contributed by atoms with Crippen molar-refractivity contribution in [1.29, 1.82) is 0 Å². The molecule has 2 rings (SSSR count). The van der Waals surface area contributed by atoms with Gasteiger partial charge < -0.3 is 10.1 Å². The van der Waals surface area contributed by atoms with Crippen molar-refractivity contribution in [1.82, 2.24) is 9.97 Å². The minimum absolute atomic E-state index is 0.141. The number of carbonyl (C=O) groups is 1. The van der Waals surface area contributed by atoms with E-state index in [0.717, 1.165) is 0 Å². The number of halogens is 1. The fraction of sp³-hybridized carbons (Fsp3) is 0.214. The summed E-state index contributed by atoms with van der Waals surface area (Å²) < 4.78 is 5.46. The minimum Gasteiger partial charge on any atom is -0.492 e. The number of anilines is 1. The molecule has 1 heterocycles. The number of rotatable bonds is 5. The molecule has 0 unspecified atom stereocenters. The molecule has 0 aliphatic carbocycles. The van der Waals surface area contributed by atoms with Gasteiger partial charge in [-0.1, -0.05) is 35.5 Å². The maximum atomic E-state index is 12.3. The van der Waals surface area contributed by atoms with Crippen molar-refractivity contribution in [2.75, 3.05) is 18.2 Å². The van der Waals surface area contributed by atoms with Crippen LogP contribution in [0.1, 0.15) is 17.4 Å². The van der Waals surface area contributed by atoms with E-state index in [2.05, 4.69) is 15.3 Å². The summed E-state index contributed by atoms with van der Waals surface area (Å²) in [6.07, 6.45) is 3.25. The normalized spacial score (nSPS) is 10.2. The van der Waals surface area contributed by atoms with Gasteiger partial charge in [0.15, 0.2) is 10.9 Å². The van der Waals surface area contributed by atoms with Crippen LogP contribution in [0.2, 0.25) is 5.02 Å². The van der Waals surface area contributed by atoms with Gasteiger partial charge >= 0.3 is 0 Å². The molecule has 0 bridgehead atoms. The number of thioether (sulfide) groups is 1. The van der Waals surface area contributed by atoms with Crippen molar-refractivity contribution in [3.8, 4) is 5.75 Å². The van der Waals surface area contributed by atoms with Crippen molar-refractivity contribution < 1.29 is 9.53 Å². The number of ether oxygens (including phenoxy) is 1. The van der Waals surface area contributed by atoms with Crippen LogP contribution in [0.4, 0.5) is 5.69 Å². The molecule has 0 saturated heterocycles. The van der Waals surface area contributed by atoms with Gasteiger partial charge in [-0.3, -0.25) is 4.79 Å². The zero-order valence-electron chi connectivity index (χ0n) is 11.6. The van der Waals surface area contributed by atoms with Crippen LogP contribution in [-0.4, -0.2) is 28.7 Å². The smallest absolute Gasteiger partial charge is 0.276 e. The van der Waals surface area contributed by atoms with Crippen LogP contribution in [0.5, 0.6) is 5.75 Å². The SMILES string of the molecule is CCOc1ccccc1NC(=O)c1nc(SC)ncc1Cl. The lowest BCUT2D eigenvalue weighted by atomic mass is 10.2. The second kappa shape index (κ2) is 7.28. The monoisotopic (exact) mass is 323 g/mol. The molecule has 1 aromatic carbocycles. The van der Waals surface area contributed by atoms with Crippen molar-refractivity contribution in [3.63, 3.8) is 0 Å². The second-order valence-electron chi connectivity index (χ2n) is 3.94. The molecule has 1 N–H and O–H groups in total. The number of hydrogen-bond donors (Lipinski definition) is 1. The highest BCUT2D eigenvalue weighted by molar-refractivity contribution is 7.98. The Morgan fingerprint density at radius 1 is 1.43 bits per heavy atom. The first-order chi connectivity index (χ1) is 10.2. The number of carbonyl (C=O) groups excluding carboxylic acids is 1. The molecule has 0 fully saturated rings. The van der Waals surface area contributed by atoms with E-state index >= 15 is 0 Å². The lowest BCUT2D eigenvalue weighted by Crippen LogP contribution is -2.16. The van der Waals surface area contributed by atoms with Gasteiger partial charge in [0.25, 0.3) is 5.91 Å². The van der Waals surface area contributed by atoms with E-state index in [9.17, 15) is 4.79 Å². The summed E-state index contributed by atoms with van der Waals surface area (Å²) in [6.45, 7) is 2.39. The summed E-state index contributed by atoms with van der Waals surface area (Å²) in [6, 6.07) is 7.19. The summed E-state index contributed by atoms with van der Waals surface area (Å²) in [7, 11) is 0. The Morgan fingerprint density at radius 2 is 2.19 bits per heavy atom. The summed E-state index contributed by atoms with van der Waals surface area (Å²) in [4.78, 5) is 20.4. The largest absolute Gasteiger partial charge is 0.492 e. The molecule has 7 heteroatoms. The molecular formula is C14H14ClN3O2S. The number of hydrogen-bond acceptors (Lipinski definition) is 5. The molecule has 0 aliphatic rings. The first-order valence-electron chi connectivity index (χ1n) is 6.25. The average molecular weight is 324 g/mol. The topological polar surface area (TPSA) is 64.1 Å². The van der Waals surface area contributed by atoms with Gasteiger partial charge in [0, 0.05) is 0 Å². The van der Waals surface area contributed by atoms with Crippen LogP contribution in [0.15, 0.2) is 35.6 Å². The number of nitrogens with one attached hydrogen (secondary N) is 1. The van der Waals surface area contributed by atoms with Crippen molar-refractivity contribution in [3.05, 3.63) is 41.2 Å². The molecule has 5 nitrogen and oxygen atoms in total. The van der Waals surface area contributed by atoms with Crippen LogP contribution in [0.3, 0.4) is 0 Å². The van der Waals surface area contributed by atoms with Crippen LogP contribution in [0, 0.1) is 0 Å². The molecule has 0 atom stereocenters. The Kier molecular flexibility index (Phi) is 5.41. The number of aromatic nitrogens is 2. The van der Waals surface area contributed by atoms with Crippen LogP contribution in [0.25, 0.3) is 0 Å². The van der Waals surface area contributed by atoms with Gasteiger partial charge in [-0.2, -0.15) is 0 Å². The highest BCUT2D eigenvalue weighted by Crippen LogP contribution is 2.25. The van der Waals surface area contributed by atoms with E-state index in [0.29, 0.717) is 23.2 Å². The van der Waals surface area contributed by atoms with Gasteiger partial charge in [-0.05, 0) is 25.3 Å². The summed E-state index contributed by atoms with van der Waals surface area (Å²) in [5, 5.41) is 3.45. The fourth-order valence-electron chi connectivity index (χ4n) is 1.64. The first kappa shape index (κ1) is 15.6. The maximum Gasteiger partial charge on any atom is 0.276 e. The van der Waals surface area contributed by atoms with E-state index < -0.39 is 5.91 Å². The first-order valence-corrected chi connectivity index (χ1v) is 7.85. The Morgan fingerprint density at radius 3 is 2.90 bits per heavy atom. The molecule has 1 amide bonds. The van der Waals surface area contributed by atoms with Gasteiger partial charge in [-0.25, -0.2) is 9.97 Å². The third-order valence-corrected chi connectivity index (χ3v) is 3.39. The van der Waals surface area contributed by atoms with Crippen LogP contribution >= 0.6 is 23.4 Å². The Balaban J connectivity index is 2.26. The third kappa shape index (κ3) is 3.86. The molecule has 0 radical (unpaired) electrons. The van der Waals surface area contributed by atoms with Gasteiger partial charge in [-0.15, -0.1) is 0 Å². The number of benzene rings is 1. The Bertz CT molecular complexity index is 652. The molecule has 21 heavy (non-hydrogen) atoms. The molecular weight excluding hydrogens is 310 g/mol. The van der Waals surface area contributed by atoms with Crippen molar-refractivity contribution >= 4 is 35.0 Å². The third-order valence-electron chi connectivity index (χ3n) is 2.55. The molecule has 0 spiro atoms. The molecule has 110 valence electrons. The zero-order chi connectivity index (χ0) is 15.2. The fourth-order valence-corrected chi connectivity index (χ4v) is 2.16. The van der Waals surface area contributed by atoms with E-state index in [1.54, 1.807) is 12.1 Å². The van der Waals surface area contributed by atoms with E-state index in [-0.39, 0.29) is 10.7 Å². The quantitative estimate of drug-likeness (QED) is 0.674. The van der Waals surface area contributed by atoms with Crippen molar-refractivity contribution in [2.45, 2.75) is 12.1 Å². The van der Waals surface area contributed by atoms with Crippen LogP contribution in [-0.2, 0) is 0 Å². The predicted molar refractivity (Wildman–Crippen MR) is 84.4 cm³/mol. The Labute approximate surface area is 132 Å². The molecule has 1 aromatic heterocycles. The lowest BCUT2D eigenvalue weighted by Gasteiger charge is -2.11. The summed E-state index contributed by atoms with van der Waals surface area (Å²) in [5.74, 6) is 0.202. The van der Waals surface area contributed by atoms with Crippen LogP contribution < -0.4 is 10.1 Å². The number of amides is 1. The summed E-state index contributed by atoms with van der Waals surface area (Å²) in [5.41, 5.74) is 0.715. The van der Waals surface area contributed by atoms with E-state index in [4.69, 9.17) is 16.3 Å².